The number of halogens is 4. The maximum atomic E-state index is 13.0. The second kappa shape index (κ2) is 7.90. The zero-order valence-corrected chi connectivity index (χ0v) is 15.0. The van der Waals surface area contributed by atoms with Crippen LogP contribution in [0.25, 0.3) is 10.9 Å². The van der Waals surface area contributed by atoms with E-state index >= 15 is 0 Å². The normalized spacial score (nSPS) is 11.4. The highest BCUT2D eigenvalue weighted by Gasteiger charge is 2.30. The Kier molecular flexibility index (Phi) is 5.54. The quantitative estimate of drug-likeness (QED) is 0.428. The van der Waals surface area contributed by atoms with E-state index in [1.807, 2.05) is 0 Å². The Morgan fingerprint density at radius 2 is 1.90 bits per heavy atom. The molecule has 152 valence electrons. The lowest BCUT2D eigenvalue weighted by molar-refractivity contribution is -0.137. The van der Waals surface area contributed by atoms with Crippen LogP contribution in [-0.2, 0) is 22.3 Å². The summed E-state index contributed by atoms with van der Waals surface area (Å²) < 4.78 is 51.4. The third kappa shape index (κ3) is 4.37. The highest BCUT2D eigenvalue weighted by molar-refractivity contribution is 7.92. The minimum atomic E-state index is -4.53. The number of alkyl halides is 3. The third-order valence-corrected chi connectivity index (χ3v) is 4.11. The summed E-state index contributed by atoms with van der Waals surface area (Å²) in [6.45, 7) is -0.280. The third-order valence-electron chi connectivity index (χ3n) is 3.70. The Balaban J connectivity index is 1.67. The van der Waals surface area contributed by atoms with Crippen molar-refractivity contribution in [2.45, 2.75) is 12.7 Å². The fourth-order valence-corrected chi connectivity index (χ4v) is 2.65. The van der Waals surface area contributed by atoms with E-state index in [1.54, 1.807) is 0 Å². The van der Waals surface area contributed by atoms with Crippen molar-refractivity contribution < 1.29 is 26.6 Å². The Bertz CT molecular complexity index is 1070. The molecule has 0 saturated carbocycles. The number of nitrogen functional groups attached to an aromatic ring is 1. The number of anilines is 2. The summed E-state index contributed by atoms with van der Waals surface area (Å²) >= 11 is -0.244. The van der Waals surface area contributed by atoms with E-state index in [-0.39, 0.29) is 47.0 Å². The summed E-state index contributed by atoms with van der Waals surface area (Å²) in [5.74, 6) is -2.15. The minimum absolute atomic E-state index is 0.00958. The van der Waals surface area contributed by atoms with Gasteiger partial charge in [0.15, 0.2) is 12.3 Å². The molecule has 0 fully saturated rings. The van der Waals surface area contributed by atoms with Gasteiger partial charge >= 0.3 is 18.0 Å². The van der Waals surface area contributed by atoms with E-state index in [0.717, 1.165) is 22.4 Å². The van der Waals surface area contributed by atoms with Gasteiger partial charge in [-0.3, -0.25) is 14.6 Å². The highest BCUT2D eigenvalue weighted by Crippen LogP contribution is 2.29. The molecule has 0 saturated heterocycles. The number of carbonyl (C=O) groups is 2. The molecule has 0 radical (unpaired) electrons. The molecule has 0 aromatic carbocycles. The second-order valence-corrected chi connectivity index (χ2v) is 6.06. The van der Waals surface area contributed by atoms with Crippen LogP contribution in [-0.4, -0.2) is 31.0 Å². The molecule has 3 rings (SSSR count). The van der Waals surface area contributed by atoms with Crippen LogP contribution in [0.2, 0.25) is 0 Å². The number of pyridine rings is 2. The maximum Gasteiger partial charge on any atom is 0.417 e. The Morgan fingerprint density at radius 3 is 2.52 bits per heavy atom. The largest absolute Gasteiger partial charge is 0.417 e. The summed E-state index contributed by atoms with van der Waals surface area (Å²) in [4.78, 5) is 31.5. The second-order valence-electron chi connectivity index (χ2n) is 5.58. The molecule has 3 heterocycles. The predicted molar refractivity (Wildman–Crippen MR) is 95.8 cm³/mol. The van der Waals surface area contributed by atoms with Gasteiger partial charge in [0, 0.05) is 6.20 Å². The van der Waals surface area contributed by atoms with Gasteiger partial charge in [0.1, 0.15) is 11.3 Å². The number of amides is 2. The van der Waals surface area contributed by atoms with Crippen molar-refractivity contribution in [3.05, 3.63) is 42.0 Å². The average Bonchev–Trinajstić information content (AvgIpc) is 3.13. The number of fused-ring (bicyclic) bond motifs is 1. The van der Waals surface area contributed by atoms with Crippen molar-refractivity contribution in [3.8, 4) is 0 Å². The van der Waals surface area contributed by atoms with E-state index in [1.165, 1.54) is 6.20 Å². The lowest BCUT2D eigenvalue weighted by atomic mass is 10.2. The minimum Gasteiger partial charge on any atom is -0.383 e. The summed E-state index contributed by atoms with van der Waals surface area (Å²) in [5.41, 5.74) is 4.94. The number of hydrogen-bond donors (Lipinski definition) is 3. The highest BCUT2D eigenvalue weighted by atomic mass is 32.2. The van der Waals surface area contributed by atoms with Crippen LogP contribution in [0, 0.1) is 0 Å². The number of nitrogens with zero attached hydrogens (tertiary/aromatic N) is 4. The number of hydrogen-bond acceptors (Lipinski definition) is 7. The lowest BCUT2D eigenvalue weighted by Gasteiger charge is -2.09. The zero-order chi connectivity index (χ0) is 21.2. The molecule has 0 atom stereocenters. The van der Waals surface area contributed by atoms with Gasteiger partial charge in [-0.2, -0.15) is 22.4 Å². The summed E-state index contributed by atoms with van der Waals surface area (Å²) in [6, 6.07) is 1.88. The number of nitrogens with two attached hydrogens (primary N) is 1. The van der Waals surface area contributed by atoms with Crippen LogP contribution in [0.1, 0.15) is 11.3 Å². The average molecular weight is 429 g/mol. The standard InChI is InChI=1S/C15H11F4N7O2S/c16-15(17,18)7-1-2-8(21-3-7)4-23-13(27)14(28)25-10-6-22-12(20)9-5-24-26(29-19)11(9)10/h1-3,5-6H,4H2,(H2,20,22)(H,23,27)(H,25,28). The molecule has 3 aromatic heterocycles. The number of aromatic nitrogens is 4. The molecule has 0 aliphatic rings. The van der Waals surface area contributed by atoms with E-state index < -0.39 is 23.6 Å². The molecule has 4 N–H and O–H groups in total. The van der Waals surface area contributed by atoms with Crippen LogP contribution in [0.5, 0.6) is 0 Å². The van der Waals surface area contributed by atoms with Crippen LogP contribution in [0.15, 0.2) is 30.7 Å². The maximum absolute atomic E-state index is 13.0. The van der Waals surface area contributed by atoms with Crippen LogP contribution in [0.3, 0.4) is 0 Å². The van der Waals surface area contributed by atoms with E-state index in [0.29, 0.717) is 6.20 Å². The Labute approximate surface area is 164 Å². The molecule has 0 spiro atoms. The van der Waals surface area contributed by atoms with Crippen molar-refractivity contribution >= 4 is 46.6 Å². The van der Waals surface area contributed by atoms with Gasteiger partial charge in [-0.1, -0.05) is 0 Å². The SMILES string of the molecule is Nc1ncc(NC(=O)C(=O)NCc2ccc(C(F)(F)F)cn2)c2c1cnn2SF. The zero-order valence-electron chi connectivity index (χ0n) is 14.2. The van der Waals surface area contributed by atoms with Crippen LogP contribution >= 0.6 is 12.3 Å². The van der Waals surface area contributed by atoms with Gasteiger partial charge in [0.05, 0.1) is 41.3 Å². The first-order valence-corrected chi connectivity index (χ1v) is 8.40. The first-order valence-electron chi connectivity index (χ1n) is 7.73. The molecule has 0 bridgehead atoms. The van der Waals surface area contributed by atoms with Crippen LogP contribution < -0.4 is 16.4 Å². The summed E-state index contributed by atoms with van der Waals surface area (Å²) in [5, 5.41) is 8.47. The van der Waals surface area contributed by atoms with Gasteiger partial charge < -0.3 is 16.4 Å². The molecule has 29 heavy (non-hydrogen) atoms. The van der Waals surface area contributed by atoms with Gasteiger partial charge in [0.25, 0.3) is 0 Å². The molecule has 3 aromatic rings. The van der Waals surface area contributed by atoms with Crippen LogP contribution in [0.4, 0.5) is 28.6 Å². The summed E-state index contributed by atoms with van der Waals surface area (Å²) in [6.07, 6.45) is -1.53. The molecular weight excluding hydrogens is 418 g/mol. The fraction of sp³-hybridized carbons (Fsp3) is 0.133. The van der Waals surface area contributed by atoms with E-state index in [4.69, 9.17) is 5.73 Å². The first-order chi connectivity index (χ1) is 13.7. The molecule has 0 aliphatic heterocycles. The van der Waals surface area contributed by atoms with Crippen molar-refractivity contribution in [2.24, 2.45) is 0 Å². The summed E-state index contributed by atoms with van der Waals surface area (Å²) in [7, 11) is 0. The number of rotatable bonds is 4. The molecule has 14 heteroatoms. The molecule has 9 nitrogen and oxygen atoms in total. The Morgan fingerprint density at radius 1 is 1.14 bits per heavy atom. The number of nitrogens with one attached hydrogen (secondary N) is 2. The smallest absolute Gasteiger partial charge is 0.383 e. The Hall–Kier alpha value is -3.42. The molecule has 0 unspecified atom stereocenters. The van der Waals surface area contributed by atoms with E-state index in [9.17, 15) is 26.6 Å². The van der Waals surface area contributed by atoms with Crippen molar-refractivity contribution in [1.29, 1.82) is 0 Å². The van der Waals surface area contributed by atoms with Gasteiger partial charge in [-0.05, 0) is 12.1 Å². The van der Waals surface area contributed by atoms with E-state index in [2.05, 4.69) is 25.7 Å². The molecule has 0 aliphatic carbocycles. The topological polar surface area (TPSA) is 128 Å². The van der Waals surface area contributed by atoms with Gasteiger partial charge in [0.2, 0.25) is 0 Å². The number of carbonyl (C=O) groups excluding carboxylic acids is 2. The van der Waals surface area contributed by atoms with Crippen molar-refractivity contribution in [2.75, 3.05) is 11.1 Å². The molecular formula is C15H11F4N7O2S. The van der Waals surface area contributed by atoms with Gasteiger partial charge in [-0.25, -0.2) is 4.98 Å². The predicted octanol–water partition coefficient (Wildman–Crippen LogP) is 2.06. The van der Waals surface area contributed by atoms with Gasteiger partial charge in [-0.15, -0.1) is 3.89 Å². The first kappa shape index (κ1) is 20.3. The lowest BCUT2D eigenvalue weighted by Crippen LogP contribution is -2.35. The van der Waals surface area contributed by atoms with Crippen molar-refractivity contribution in [3.63, 3.8) is 0 Å². The van der Waals surface area contributed by atoms with Crippen molar-refractivity contribution in [1.82, 2.24) is 24.5 Å². The monoisotopic (exact) mass is 429 g/mol. The molecule has 2 amide bonds. The fourth-order valence-electron chi connectivity index (χ4n) is 2.30.